The predicted molar refractivity (Wildman–Crippen MR) is 84.1 cm³/mol. The third kappa shape index (κ3) is 2.49. The second-order valence-electron chi connectivity index (χ2n) is 4.45. The van der Waals surface area contributed by atoms with Gasteiger partial charge in [0, 0.05) is 22.1 Å². The second kappa shape index (κ2) is 5.54. The Kier molecular flexibility index (Phi) is 3.60. The molecule has 2 N–H and O–H groups in total. The zero-order valence-electron chi connectivity index (χ0n) is 11.0. The Morgan fingerprint density at radius 2 is 2.20 bits per heavy atom. The molecular weight excluding hydrogens is 318 g/mol. The third-order valence-electron chi connectivity index (χ3n) is 3.21. The summed E-state index contributed by atoms with van der Waals surface area (Å²) in [5, 5.41) is 11.6. The van der Waals surface area contributed by atoms with Crippen LogP contribution in [0.15, 0.2) is 47.1 Å². The van der Waals surface area contributed by atoms with E-state index in [2.05, 4.69) is 31.4 Å². The van der Waals surface area contributed by atoms with Gasteiger partial charge in [0.15, 0.2) is 0 Å². The first kappa shape index (κ1) is 13.0. The highest BCUT2D eigenvalue weighted by atomic mass is 79.9. The van der Waals surface area contributed by atoms with Crippen LogP contribution >= 0.6 is 15.9 Å². The minimum Gasteiger partial charge on any atom is -0.497 e. The van der Waals surface area contributed by atoms with Crippen molar-refractivity contribution >= 4 is 32.5 Å². The van der Waals surface area contributed by atoms with Gasteiger partial charge in [0.25, 0.3) is 0 Å². The summed E-state index contributed by atoms with van der Waals surface area (Å²) in [6.45, 7) is 0.710. The number of aromatic nitrogens is 2. The van der Waals surface area contributed by atoms with E-state index >= 15 is 0 Å². The number of nitrogens with one attached hydrogen (secondary N) is 2. The molecule has 3 aromatic rings. The summed E-state index contributed by atoms with van der Waals surface area (Å²) < 4.78 is 6.32. The van der Waals surface area contributed by atoms with Gasteiger partial charge in [-0.05, 0) is 35.9 Å². The molecular formula is C15H14BrN3O. The van der Waals surface area contributed by atoms with E-state index in [1.54, 1.807) is 7.11 Å². The van der Waals surface area contributed by atoms with Crippen LogP contribution in [0, 0.1) is 0 Å². The van der Waals surface area contributed by atoms with Crippen molar-refractivity contribution in [3.63, 3.8) is 0 Å². The number of methoxy groups -OCH3 is 1. The average Bonchev–Trinajstić information content (AvgIpc) is 2.95. The van der Waals surface area contributed by atoms with E-state index in [0.29, 0.717) is 6.54 Å². The van der Waals surface area contributed by atoms with E-state index in [4.69, 9.17) is 4.74 Å². The molecule has 0 aliphatic carbocycles. The van der Waals surface area contributed by atoms with Crippen LogP contribution in [-0.2, 0) is 6.54 Å². The maximum absolute atomic E-state index is 5.26. The number of ether oxygens (including phenoxy) is 1. The van der Waals surface area contributed by atoms with Crippen molar-refractivity contribution < 1.29 is 4.74 Å². The molecule has 0 fully saturated rings. The Hall–Kier alpha value is -2.01. The van der Waals surface area contributed by atoms with Gasteiger partial charge in [-0.25, -0.2) is 0 Å². The lowest BCUT2D eigenvalue weighted by Gasteiger charge is -2.10. The van der Waals surface area contributed by atoms with Crippen LogP contribution in [-0.4, -0.2) is 17.3 Å². The molecule has 0 saturated heterocycles. The summed E-state index contributed by atoms with van der Waals surface area (Å²) >= 11 is 3.56. The van der Waals surface area contributed by atoms with Crippen molar-refractivity contribution in [3.05, 3.63) is 52.6 Å². The Bertz CT molecular complexity index is 739. The highest BCUT2D eigenvalue weighted by Gasteiger charge is 2.05. The minimum absolute atomic E-state index is 0.710. The summed E-state index contributed by atoms with van der Waals surface area (Å²) in [5.41, 5.74) is 3.23. The molecule has 102 valence electrons. The molecule has 5 heteroatoms. The molecule has 0 aliphatic rings. The fraction of sp³-hybridized carbons (Fsp3) is 0.133. The van der Waals surface area contributed by atoms with Crippen molar-refractivity contribution in [2.45, 2.75) is 6.54 Å². The SMILES string of the molecule is COc1ccc(Br)c(CNc2cccc3[nH]ncc23)c1. The van der Waals surface area contributed by atoms with Gasteiger partial charge in [-0.2, -0.15) is 5.10 Å². The largest absolute Gasteiger partial charge is 0.497 e. The second-order valence-corrected chi connectivity index (χ2v) is 5.30. The molecule has 20 heavy (non-hydrogen) atoms. The maximum atomic E-state index is 5.26. The summed E-state index contributed by atoms with van der Waals surface area (Å²) in [5.74, 6) is 0.853. The number of hydrogen-bond donors (Lipinski definition) is 2. The average molecular weight is 332 g/mol. The van der Waals surface area contributed by atoms with Crippen molar-refractivity contribution in [2.75, 3.05) is 12.4 Å². The normalized spacial score (nSPS) is 10.7. The molecule has 0 amide bonds. The van der Waals surface area contributed by atoms with Crippen molar-refractivity contribution in [1.29, 1.82) is 0 Å². The van der Waals surface area contributed by atoms with Gasteiger partial charge in [0.05, 0.1) is 18.8 Å². The van der Waals surface area contributed by atoms with Gasteiger partial charge in [-0.3, -0.25) is 5.10 Å². The molecule has 0 unspecified atom stereocenters. The number of fused-ring (bicyclic) bond motifs is 1. The van der Waals surface area contributed by atoms with Gasteiger partial charge in [0.1, 0.15) is 5.75 Å². The fourth-order valence-corrected chi connectivity index (χ4v) is 2.51. The standard InChI is InChI=1S/C15H14BrN3O/c1-20-11-5-6-13(16)10(7-11)8-17-14-3-2-4-15-12(14)9-18-19-15/h2-7,9,17H,8H2,1H3,(H,18,19). The number of rotatable bonds is 4. The molecule has 1 heterocycles. The Labute approximate surface area is 125 Å². The van der Waals surface area contributed by atoms with E-state index in [-0.39, 0.29) is 0 Å². The number of hydrogen-bond acceptors (Lipinski definition) is 3. The maximum Gasteiger partial charge on any atom is 0.119 e. The topological polar surface area (TPSA) is 49.9 Å². The molecule has 0 aliphatic heterocycles. The Balaban J connectivity index is 1.84. The van der Waals surface area contributed by atoms with Crippen molar-refractivity contribution in [1.82, 2.24) is 10.2 Å². The third-order valence-corrected chi connectivity index (χ3v) is 3.98. The van der Waals surface area contributed by atoms with E-state index in [9.17, 15) is 0 Å². The zero-order chi connectivity index (χ0) is 13.9. The fourth-order valence-electron chi connectivity index (χ4n) is 2.13. The highest BCUT2D eigenvalue weighted by molar-refractivity contribution is 9.10. The van der Waals surface area contributed by atoms with E-state index in [1.165, 1.54) is 0 Å². The first-order valence-corrected chi connectivity index (χ1v) is 7.05. The van der Waals surface area contributed by atoms with Crippen molar-refractivity contribution in [3.8, 4) is 5.75 Å². The van der Waals surface area contributed by atoms with Gasteiger partial charge >= 0.3 is 0 Å². The number of benzene rings is 2. The number of halogens is 1. The summed E-state index contributed by atoms with van der Waals surface area (Å²) in [7, 11) is 1.67. The molecule has 2 aromatic carbocycles. The van der Waals surface area contributed by atoms with Gasteiger partial charge < -0.3 is 10.1 Å². The lowest BCUT2D eigenvalue weighted by atomic mass is 10.2. The van der Waals surface area contributed by atoms with E-state index < -0.39 is 0 Å². The van der Waals surface area contributed by atoms with Crippen LogP contribution in [0.3, 0.4) is 0 Å². The van der Waals surface area contributed by atoms with E-state index in [1.807, 2.05) is 42.6 Å². The Morgan fingerprint density at radius 1 is 1.30 bits per heavy atom. The first-order valence-electron chi connectivity index (χ1n) is 6.26. The predicted octanol–water partition coefficient (Wildman–Crippen LogP) is 3.95. The first-order chi connectivity index (χ1) is 9.78. The molecule has 3 rings (SSSR count). The lowest BCUT2D eigenvalue weighted by molar-refractivity contribution is 0.414. The monoisotopic (exact) mass is 331 g/mol. The Morgan fingerprint density at radius 3 is 3.05 bits per heavy atom. The van der Waals surface area contributed by atoms with Crippen LogP contribution in [0.4, 0.5) is 5.69 Å². The quantitative estimate of drug-likeness (QED) is 0.761. The highest BCUT2D eigenvalue weighted by Crippen LogP contribution is 2.25. The zero-order valence-corrected chi connectivity index (χ0v) is 12.6. The number of nitrogens with zero attached hydrogens (tertiary/aromatic N) is 1. The summed E-state index contributed by atoms with van der Waals surface area (Å²) in [6, 6.07) is 12.0. The summed E-state index contributed by atoms with van der Waals surface area (Å²) in [4.78, 5) is 0. The van der Waals surface area contributed by atoms with Crippen LogP contribution in [0.25, 0.3) is 10.9 Å². The molecule has 1 aromatic heterocycles. The smallest absolute Gasteiger partial charge is 0.119 e. The number of anilines is 1. The van der Waals surface area contributed by atoms with Crippen LogP contribution in [0.5, 0.6) is 5.75 Å². The minimum atomic E-state index is 0.710. The molecule has 0 saturated carbocycles. The van der Waals surface area contributed by atoms with Crippen molar-refractivity contribution in [2.24, 2.45) is 0 Å². The van der Waals surface area contributed by atoms with Crippen LogP contribution < -0.4 is 10.1 Å². The van der Waals surface area contributed by atoms with Gasteiger partial charge in [-0.15, -0.1) is 0 Å². The molecule has 0 radical (unpaired) electrons. The van der Waals surface area contributed by atoms with Crippen LogP contribution in [0.2, 0.25) is 0 Å². The summed E-state index contributed by atoms with van der Waals surface area (Å²) in [6.07, 6.45) is 1.83. The van der Waals surface area contributed by atoms with Gasteiger partial charge in [0.2, 0.25) is 0 Å². The number of aromatic amines is 1. The molecule has 4 nitrogen and oxygen atoms in total. The molecule has 0 spiro atoms. The number of H-pyrrole nitrogens is 1. The lowest BCUT2D eigenvalue weighted by Crippen LogP contribution is -2.01. The molecule has 0 atom stereocenters. The van der Waals surface area contributed by atoms with Gasteiger partial charge in [-0.1, -0.05) is 22.0 Å². The molecule has 0 bridgehead atoms. The van der Waals surface area contributed by atoms with Crippen LogP contribution in [0.1, 0.15) is 5.56 Å². The van der Waals surface area contributed by atoms with E-state index in [0.717, 1.165) is 32.4 Å².